The summed E-state index contributed by atoms with van der Waals surface area (Å²) in [4.78, 5) is 27.5. The fourth-order valence-electron chi connectivity index (χ4n) is 1.40. The number of thiazole rings is 1. The average Bonchev–Trinajstić information content (AvgIpc) is 2.78. The van der Waals surface area contributed by atoms with Gasteiger partial charge in [-0.1, -0.05) is 13.3 Å². The Labute approximate surface area is 98.6 Å². The first-order valence-electron chi connectivity index (χ1n) is 5.29. The molecule has 1 atom stereocenters. The van der Waals surface area contributed by atoms with E-state index in [2.05, 4.69) is 4.98 Å². The lowest BCUT2D eigenvalue weighted by atomic mass is 9.97. The highest BCUT2D eigenvalue weighted by atomic mass is 32.1. The Morgan fingerprint density at radius 2 is 2.25 bits per heavy atom. The van der Waals surface area contributed by atoms with Crippen molar-refractivity contribution in [1.82, 2.24) is 4.98 Å². The molecule has 1 aromatic rings. The maximum Gasteiger partial charge on any atom is 0.316 e. The van der Waals surface area contributed by atoms with Gasteiger partial charge in [-0.25, -0.2) is 4.98 Å². The molecule has 1 heterocycles. The largest absolute Gasteiger partial charge is 0.465 e. The molecule has 0 radical (unpaired) electrons. The number of hydrogen-bond donors (Lipinski definition) is 0. The van der Waals surface area contributed by atoms with Crippen molar-refractivity contribution in [2.24, 2.45) is 5.92 Å². The zero-order chi connectivity index (χ0) is 12.0. The monoisotopic (exact) mass is 241 g/mol. The quantitative estimate of drug-likeness (QED) is 0.435. The van der Waals surface area contributed by atoms with Crippen molar-refractivity contribution in [3.05, 3.63) is 16.6 Å². The first kappa shape index (κ1) is 12.8. The highest BCUT2D eigenvalue weighted by Gasteiger charge is 2.28. The summed E-state index contributed by atoms with van der Waals surface area (Å²) in [6.07, 6.45) is 1.27. The molecule has 0 bridgehead atoms. The number of Topliss-reactive ketones (excluding diaryl/α,β-unsaturated/α-hetero) is 1. The number of ketones is 1. The van der Waals surface area contributed by atoms with Crippen LogP contribution in [0.1, 0.15) is 37.2 Å². The summed E-state index contributed by atoms with van der Waals surface area (Å²) in [5.74, 6) is -1.38. The van der Waals surface area contributed by atoms with Crippen molar-refractivity contribution in [3.63, 3.8) is 0 Å². The van der Waals surface area contributed by atoms with E-state index in [1.165, 1.54) is 11.3 Å². The Morgan fingerprint density at radius 3 is 2.75 bits per heavy atom. The summed E-state index contributed by atoms with van der Waals surface area (Å²) in [7, 11) is 0. The van der Waals surface area contributed by atoms with Crippen molar-refractivity contribution in [3.8, 4) is 0 Å². The van der Waals surface area contributed by atoms with Crippen LogP contribution in [0.15, 0.2) is 10.9 Å². The van der Waals surface area contributed by atoms with Crippen molar-refractivity contribution in [2.45, 2.75) is 26.7 Å². The Bertz CT molecular complexity index is 348. The van der Waals surface area contributed by atoms with Gasteiger partial charge in [-0.05, 0) is 13.3 Å². The Kier molecular flexibility index (Phi) is 5.11. The Morgan fingerprint density at radius 1 is 1.50 bits per heavy atom. The third kappa shape index (κ3) is 3.13. The molecule has 0 saturated heterocycles. The summed E-state index contributed by atoms with van der Waals surface area (Å²) in [6, 6.07) is 0. The minimum Gasteiger partial charge on any atom is -0.465 e. The van der Waals surface area contributed by atoms with E-state index in [4.69, 9.17) is 4.74 Å². The fourth-order valence-corrected chi connectivity index (χ4v) is 1.94. The van der Waals surface area contributed by atoms with Crippen LogP contribution in [-0.2, 0) is 9.53 Å². The molecular weight excluding hydrogens is 226 g/mol. The van der Waals surface area contributed by atoms with E-state index in [0.717, 1.165) is 6.42 Å². The van der Waals surface area contributed by atoms with Gasteiger partial charge in [-0.15, -0.1) is 11.3 Å². The van der Waals surface area contributed by atoms with E-state index in [0.29, 0.717) is 18.7 Å². The number of carbonyl (C=O) groups excluding carboxylic acids is 2. The molecule has 1 rings (SSSR count). The van der Waals surface area contributed by atoms with Gasteiger partial charge < -0.3 is 4.74 Å². The molecule has 1 aromatic heterocycles. The van der Waals surface area contributed by atoms with Crippen LogP contribution in [0.2, 0.25) is 0 Å². The molecule has 0 aliphatic heterocycles. The second-order valence-corrected chi connectivity index (χ2v) is 4.05. The zero-order valence-corrected chi connectivity index (χ0v) is 10.3. The van der Waals surface area contributed by atoms with Crippen molar-refractivity contribution in [2.75, 3.05) is 6.61 Å². The molecule has 0 fully saturated rings. The van der Waals surface area contributed by atoms with Gasteiger partial charge in [0.25, 0.3) is 0 Å². The number of aromatic nitrogens is 1. The SMILES string of the molecule is CCCC(C(=O)OCC)C(=O)c1cscn1. The van der Waals surface area contributed by atoms with E-state index in [1.54, 1.807) is 17.8 Å². The Hall–Kier alpha value is -1.23. The van der Waals surface area contributed by atoms with Crippen LogP contribution in [0.25, 0.3) is 0 Å². The second kappa shape index (κ2) is 6.37. The summed E-state index contributed by atoms with van der Waals surface area (Å²) in [5.41, 5.74) is 1.94. The molecule has 0 aliphatic carbocycles. The molecule has 0 amide bonds. The second-order valence-electron chi connectivity index (χ2n) is 3.33. The number of ether oxygens (including phenoxy) is 1. The van der Waals surface area contributed by atoms with Crippen molar-refractivity contribution < 1.29 is 14.3 Å². The highest BCUT2D eigenvalue weighted by molar-refractivity contribution is 7.07. The molecule has 4 nitrogen and oxygen atoms in total. The minimum absolute atomic E-state index is 0.235. The van der Waals surface area contributed by atoms with Gasteiger partial charge in [0.05, 0.1) is 12.1 Å². The number of carbonyl (C=O) groups is 2. The topological polar surface area (TPSA) is 56.3 Å². The van der Waals surface area contributed by atoms with E-state index in [-0.39, 0.29) is 5.78 Å². The van der Waals surface area contributed by atoms with E-state index >= 15 is 0 Å². The van der Waals surface area contributed by atoms with Crippen molar-refractivity contribution in [1.29, 1.82) is 0 Å². The van der Waals surface area contributed by atoms with E-state index in [9.17, 15) is 9.59 Å². The van der Waals surface area contributed by atoms with E-state index in [1.807, 2.05) is 6.92 Å². The molecule has 1 unspecified atom stereocenters. The van der Waals surface area contributed by atoms with Gasteiger partial charge in [0.2, 0.25) is 0 Å². The van der Waals surface area contributed by atoms with Crippen LogP contribution in [-0.4, -0.2) is 23.3 Å². The molecule has 0 aliphatic rings. The molecule has 0 N–H and O–H groups in total. The van der Waals surface area contributed by atoms with E-state index < -0.39 is 11.9 Å². The maximum absolute atomic E-state index is 12.0. The van der Waals surface area contributed by atoms with Crippen LogP contribution in [0.3, 0.4) is 0 Å². The van der Waals surface area contributed by atoms with Gasteiger partial charge in [0, 0.05) is 5.38 Å². The summed E-state index contributed by atoms with van der Waals surface area (Å²) in [6.45, 7) is 3.96. The molecule has 0 aromatic carbocycles. The van der Waals surface area contributed by atoms with Gasteiger partial charge in [-0.3, -0.25) is 9.59 Å². The highest BCUT2D eigenvalue weighted by Crippen LogP contribution is 2.16. The number of esters is 1. The number of nitrogens with zero attached hydrogens (tertiary/aromatic N) is 1. The van der Waals surface area contributed by atoms with Gasteiger partial charge in [0.15, 0.2) is 5.78 Å². The molecule has 0 saturated carbocycles. The predicted molar refractivity (Wildman–Crippen MR) is 61.5 cm³/mol. The molecule has 0 spiro atoms. The first-order chi connectivity index (χ1) is 7.70. The number of rotatable bonds is 6. The third-order valence-corrected chi connectivity index (χ3v) is 2.74. The molecular formula is C11H15NO3S. The van der Waals surface area contributed by atoms with Crippen LogP contribution < -0.4 is 0 Å². The van der Waals surface area contributed by atoms with Crippen LogP contribution in [0.4, 0.5) is 0 Å². The molecule has 5 heteroatoms. The zero-order valence-electron chi connectivity index (χ0n) is 9.43. The first-order valence-corrected chi connectivity index (χ1v) is 6.24. The van der Waals surface area contributed by atoms with Crippen LogP contribution in [0, 0.1) is 5.92 Å². The fraction of sp³-hybridized carbons (Fsp3) is 0.545. The lowest BCUT2D eigenvalue weighted by Gasteiger charge is -2.11. The van der Waals surface area contributed by atoms with Crippen molar-refractivity contribution >= 4 is 23.1 Å². The van der Waals surface area contributed by atoms with Gasteiger partial charge in [-0.2, -0.15) is 0 Å². The Balaban J connectivity index is 2.77. The maximum atomic E-state index is 12.0. The molecule has 16 heavy (non-hydrogen) atoms. The van der Waals surface area contributed by atoms with Gasteiger partial charge >= 0.3 is 5.97 Å². The lowest BCUT2D eigenvalue weighted by Crippen LogP contribution is -2.26. The molecule has 88 valence electrons. The average molecular weight is 241 g/mol. The van der Waals surface area contributed by atoms with Crippen LogP contribution in [0.5, 0.6) is 0 Å². The summed E-state index contributed by atoms with van der Waals surface area (Å²) >= 11 is 1.34. The normalized spacial score (nSPS) is 12.1. The predicted octanol–water partition coefficient (Wildman–Crippen LogP) is 2.31. The summed E-state index contributed by atoms with van der Waals surface area (Å²) in [5, 5.41) is 1.66. The smallest absolute Gasteiger partial charge is 0.316 e. The third-order valence-electron chi connectivity index (χ3n) is 2.15. The van der Waals surface area contributed by atoms with Gasteiger partial charge in [0.1, 0.15) is 11.6 Å². The standard InChI is InChI=1S/C11H15NO3S/c1-3-5-8(11(14)15-4-2)10(13)9-6-16-7-12-9/h6-8H,3-5H2,1-2H3. The van der Waals surface area contributed by atoms with Crippen LogP contribution >= 0.6 is 11.3 Å². The number of hydrogen-bond acceptors (Lipinski definition) is 5. The lowest BCUT2D eigenvalue weighted by molar-refractivity contribution is -0.146. The minimum atomic E-state index is -0.702. The summed E-state index contributed by atoms with van der Waals surface area (Å²) < 4.78 is 4.89.